The third kappa shape index (κ3) is 2.86. The molecule has 1 aliphatic rings. The highest BCUT2D eigenvalue weighted by atomic mass is 35.5. The van der Waals surface area contributed by atoms with Crippen LogP contribution in [0.1, 0.15) is 5.69 Å². The topological polar surface area (TPSA) is 64.0 Å². The van der Waals surface area contributed by atoms with E-state index in [2.05, 4.69) is 19.9 Å². The lowest BCUT2D eigenvalue weighted by Crippen LogP contribution is -2.37. The van der Waals surface area contributed by atoms with E-state index >= 15 is 0 Å². The van der Waals surface area contributed by atoms with E-state index < -0.39 is 0 Å². The van der Waals surface area contributed by atoms with E-state index in [-0.39, 0.29) is 5.28 Å². The summed E-state index contributed by atoms with van der Waals surface area (Å²) in [5.74, 6) is 1.13. The highest BCUT2D eigenvalue weighted by Gasteiger charge is 2.16. The Kier molecular flexibility index (Phi) is 3.75. The van der Waals surface area contributed by atoms with Crippen molar-refractivity contribution in [2.45, 2.75) is 6.92 Å². The molecule has 1 saturated heterocycles. The highest BCUT2D eigenvalue weighted by Crippen LogP contribution is 2.19. The zero-order valence-corrected chi connectivity index (χ0v) is 11.8. The van der Waals surface area contributed by atoms with Crippen molar-refractivity contribution in [1.82, 2.24) is 19.9 Å². The van der Waals surface area contributed by atoms with Crippen LogP contribution in [-0.2, 0) is 4.74 Å². The summed E-state index contributed by atoms with van der Waals surface area (Å²) in [4.78, 5) is 19.1. The number of hydrogen-bond acceptors (Lipinski definition) is 6. The monoisotopic (exact) mass is 291 g/mol. The second-order valence-corrected chi connectivity index (χ2v) is 4.85. The van der Waals surface area contributed by atoms with E-state index in [9.17, 15) is 0 Å². The SMILES string of the molecule is Cc1ccc(-c2nc(Cl)nc(N3CCOCC3)n2)cn1. The molecule has 1 fully saturated rings. The van der Waals surface area contributed by atoms with Gasteiger partial charge in [-0.25, -0.2) is 0 Å². The van der Waals surface area contributed by atoms with Crippen molar-refractivity contribution >= 4 is 17.5 Å². The molecule has 3 heterocycles. The number of nitrogens with zero attached hydrogens (tertiary/aromatic N) is 5. The number of halogens is 1. The van der Waals surface area contributed by atoms with Gasteiger partial charge in [-0.1, -0.05) is 0 Å². The lowest BCUT2D eigenvalue weighted by Gasteiger charge is -2.26. The Morgan fingerprint density at radius 1 is 1.15 bits per heavy atom. The summed E-state index contributed by atoms with van der Waals surface area (Å²) in [6, 6.07) is 3.85. The fourth-order valence-corrected chi connectivity index (χ4v) is 2.13. The Bertz CT molecular complexity index is 598. The van der Waals surface area contributed by atoms with E-state index in [4.69, 9.17) is 16.3 Å². The van der Waals surface area contributed by atoms with Gasteiger partial charge in [-0.15, -0.1) is 0 Å². The van der Waals surface area contributed by atoms with E-state index in [1.807, 2.05) is 24.0 Å². The number of morpholine rings is 1. The fraction of sp³-hybridized carbons (Fsp3) is 0.385. The maximum atomic E-state index is 6.01. The average molecular weight is 292 g/mol. The molecule has 0 atom stereocenters. The number of ether oxygens (including phenoxy) is 1. The molecule has 0 radical (unpaired) electrons. The van der Waals surface area contributed by atoms with Gasteiger partial charge in [0, 0.05) is 30.5 Å². The zero-order chi connectivity index (χ0) is 13.9. The van der Waals surface area contributed by atoms with Gasteiger partial charge in [0.25, 0.3) is 0 Å². The minimum atomic E-state index is 0.192. The molecule has 0 aliphatic carbocycles. The molecular weight excluding hydrogens is 278 g/mol. The molecule has 0 spiro atoms. The van der Waals surface area contributed by atoms with Crippen LogP contribution in [-0.4, -0.2) is 46.2 Å². The van der Waals surface area contributed by atoms with Crippen LogP contribution in [0, 0.1) is 6.92 Å². The van der Waals surface area contributed by atoms with Crippen LogP contribution in [0.25, 0.3) is 11.4 Å². The average Bonchev–Trinajstić information content (AvgIpc) is 2.48. The van der Waals surface area contributed by atoms with Crippen molar-refractivity contribution in [1.29, 1.82) is 0 Å². The third-order valence-corrected chi connectivity index (χ3v) is 3.23. The summed E-state index contributed by atoms with van der Waals surface area (Å²) in [6.45, 7) is 4.79. The predicted octanol–water partition coefficient (Wildman–Crippen LogP) is 1.73. The second-order valence-electron chi connectivity index (χ2n) is 4.52. The number of rotatable bonds is 2. The van der Waals surface area contributed by atoms with Crippen LogP contribution in [0.15, 0.2) is 18.3 Å². The number of aromatic nitrogens is 4. The van der Waals surface area contributed by atoms with Gasteiger partial charge in [0.05, 0.1) is 13.2 Å². The van der Waals surface area contributed by atoms with Crippen molar-refractivity contribution in [3.63, 3.8) is 0 Å². The molecule has 2 aromatic rings. The lowest BCUT2D eigenvalue weighted by atomic mass is 10.2. The van der Waals surface area contributed by atoms with Gasteiger partial charge in [-0.05, 0) is 30.7 Å². The second kappa shape index (κ2) is 5.68. The summed E-state index contributed by atoms with van der Waals surface area (Å²) in [5, 5.41) is 0.192. The molecule has 0 bridgehead atoms. The summed E-state index contributed by atoms with van der Waals surface area (Å²) >= 11 is 6.01. The molecule has 20 heavy (non-hydrogen) atoms. The molecule has 104 valence electrons. The van der Waals surface area contributed by atoms with Crippen LogP contribution < -0.4 is 4.90 Å². The summed E-state index contributed by atoms with van der Waals surface area (Å²) in [5.41, 5.74) is 1.77. The van der Waals surface area contributed by atoms with Gasteiger partial charge in [-0.3, -0.25) is 4.98 Å². The number of anilines is 1. The molecule has 0 aromatic carbocycles. The number of aryl methyl sites for hydroxylation is 1. The Morgan fingerprint density at radius 2 is 1.95 bits per heavy atom. The van der Waals surface area contributed by atoms with Gasteiger partial charge >= 0.3 is 0 Å². The molecule has 6 nitrogen and oxygen atoms in total. The van der Waals surface area contributed by atoms with Crippen molar-refractivity contribution in [2.24, 2.45) is 0 Å². The first-order valence-electron chi connectivity index (χ1n) is 6.40. The van der Waals surface area contributed by atoms with E-state index in [1.165, 1.54) is 0 Å². The van der Waals surface area contributed by atoms with Crippen LogP contribution >= 0.6 is 11.6 Å². The molecule has 0 saturated carbocycles. The standard InChI is InChI=1S/C13H14ClN5O/c1-9-2-3-10(8-15-9)11-16-12(14)18-13(17-11)19-4-6-20-7-5-19/h2-3,8H,4-7H2,1H3. The van der Waals surface area contributed by atoms with Crippen molar-refractivity contribution in [2.75, 3.05) is 31.2 Å². The molecule has 0 amide bonds. The fourth-order valence-electron chi connectivity index (χ4n) is 1.97. The Balaban J connectivity index is 1.95. The first-order chi connectivity index (χ1) is 9.72. The minimum absolute atomic E-state index is 0.192. The van der Waals surface area contributed by atoms with Crippen LogP contribution in [0.2, 0.25) is 5.28 Å². The normalized spacial score (nSPS) is 15.4. The van der Waals surface area contributed by atoms with Crippen LogP contribution in [0.4, 0.5) is 5.95 Å². The summed E-state index contributed by atoms with van der Waals surface area (Å²) < 4.78 is 5.32. The molecule has 7 heteroatoms. The molecule has 0 unspecified atom stereocenters. The van der Waals surface area contributed by atoms with Gasteiger partial charge in [0.15, 0.2) is 5.82 Å². The molecule has 0 N–H and O–H groups in total. The number of pyridine rings is 1. The van der Waals surface area contributed by atoms with Crippen molar-refractivity contribution in [3.05, 3.63) is 29.3 Å². The Hall–Kier alpha value is -1.79. The highest BCUT2D eigenvalue weighted by molar-refractivity contribution is 6.28. The smallest absolute Gasteiger partial charge is 0.230 e. The lowest BCUT2D eigenvalue weighted by molar-refractivity contribution is 0.122. The Morgan fingerprint density at radius 3 is 2.65 bits per heavy atom. The van der Waals surface area contributed by atoms with Crippen molar-refractivity contribution in [3.8, 4) is 11.4 Å². The first-order valence-corrected chi connectivity index (χ1v) is 6.77. The predicted molar refractivity (Wildman–Crippen MR) is 75.8 cm³/mol. The third-order valence-electron chi connectivity index (χ3n) is 3.06. The molecule has 1 aliphatic heterocycles. The largest absolute Gasteiger partial charge is 0.378 e. The zero-order valence-electron chi connectivity index (χ0n) is 11.1. The van der Waals surface area contributed by atoms with Crippen LogP contribution in [0.5, 0.6) is 0 Å². The first kappa shape index (κ1) is 13.2. The summed E-state index contributed by atoms with van der Waals surface area (Å²) in [7, 11) is 0. The number of hydrogen-bond donors (Lipinski definition) is 0. The quantitative estimate of drug-likeness (QED) is 0.840. The molecule has 2 aromatic heterocycles. The van der Waals surface area contributed by atoms with Crippen LogP contribution in [0.3, 0.4) is 0 Å². The molecular formula is C13H14ClN5O. The Labute approximate surface area is 121 Å². The van der Waals surface area contributed by atoms with E-state index in [0.717, 1.165) is 24.3 Å². The van der Waals surface area contributed by atoms with Gasteiger partial charge in [0.2, 0.25) is 11.2 Å². The van der Waals surface area contributed by atoms with Gasteiger partial charge in [-0.2, -0.15) is 15.0 Å². The maximum Gasteiger partial charge on any atom is 0.230 e. The minimum Gasteiger partial charge on any atom is -0.378 e. The van der Waals surface area contributed by atoms with Crippen molar-refractivity contribution < 1.29 is 4.74 Å². The summed E-state index contributed by atoms with van der Waals surface area (Å²) in [6.07, 6.45) is 1.74. The molecule has 3 rings (SSSR count). The van der Waals surface area contributed by atoms with E-state index in [1.54, 1.807) is 6.20 Å². The van der Waals surface area contributed by atoms with Gasteiger partial charge < -0.3 is 9.64 Å². The maximum absolute atomic E-state index is 6.01. The van der Waals surface area contributed by atoms with Gasteiger partial charge in [0.1, 0.15) is 0 Å². The van der Waals surface area contributed by atoms with E-state index in [0.29, 0.717) is 25.0 Å².